The lowest BCUT2D eigenvalue weighted by atomic mass is 9.89. The van der Waals surface area contributed by atoms with E-state index in [2.05, 4.69) is 120 Å². The molecule has 6 aromatic carbocycles. The van der Waals surface area contributed by atoms with Crippen LogP contribution in [0.4, 0.5) is 0 Å². The van der Waals surface area contributed by atoms with Gasteiger partial charge in [-0.25, -0.2) is 0 Å². The van der Waals surface area contributed by atoms with Gasteiger partial charge in [0.1, 0.15) is 0 Å². The maximum absolute atomic E-state index is 6.55. The lowest BCUT2D eigenvalue weighted by molar-refractivity contribution is 0.980. The number of nitrogens with two attached hydrogens (primary N) is 1. The van der Waals surface area contributed by atoms with Crippen molar-refractivity contribution in [2.24, 2.45) is 5.73 Å². The highest BCUT2D eigenvalue weighted by Crippen LogP contribution is 2.46. The SMILES string of the molecule is N/C(=C\Cc1cc2c3ccccc3c3c(c4ccccc4n3C3=CC=CCC3)c2c2ccccc12)c1ccccc1. The van der Waals surface area contributed by atoms with E-state index in [-0.39, 0.29) is 0 Å². The van der Waals surface area contributed by atoms with E-state index >= 15 is 0 Å². The highest BCUT2D eigenvalue weighted by atomic mass is 15.0. The van der Waals surface area contributed by atoms with E-state index in [1.807, 2.05) is 18.2 Å². The molecule has 0 radical (unpaired) electrons. The number of fused-ring (bicyclic) bond motifs is 10. The smallest absolute Gasteiger partial charge is 0.0622 e. The maximum Gasteiger partial charge on any atom is 0.0622 e. The molecule has 41 heavy (non-hydrogen) atoms. The predicted molar refractivity (Wildman–Crippen MR) is 177 cm³/mol. The van der Waals surface area contributed by atoms with Crippen LogP contribution < -0.4 is 5.73 Å². The van der Waals surface area contributed by atoms with Crippen LogP contribution in [0.5, 0.6) is 0 Å². The van der Waals surface area contributed by atoms with Crippen molar-refractivity contribution in [3.05, 3.63) is 145 Å². The van der Waals surface area contributed by atoms with Gasteiger partial charge in [0, 0.05) is 32.9 Å². The van der Waals surface area contributed by atoms with E-state index in [4.69, 9.17) is 5.73 Å². The Morgan fingerprint density at radius 2 is 1.37 bits per heavy atom. The van der Waals surface area contributed by atoms with E-state index in [1.54, 1.807) is 0 Å². The number of hydrogen-bond acceptors (Lipinski definition) is 1. The fourth-order valence-electron chi connectivity index (χ4n) is 6.82. The Morgan fingerprint density at radius 1 is 0.683 bits per heavy atom. The number of rotatable bonds is 4. The molecule has 8 rings (SSSR count). The Balaban J connectivity index is 1.51. The minimum atomic E-state index is 0.768. The molecule has 0 aliphatic heterocycles. The molecule has 1 aliphatic rings. The number of aromatic nitrogens is 1. The zero-order chi connectivity index (χ0) is 27.3. The van der Waals surface area contributed by atoms with E-state index in [1.165, 1.54) is 65.4 Å². The minimum Gasteiger partial charge on any atom is -0.398 e. The monoisotopic (exact) mass is 526 g/mol. The van der Waals surface area contributed by atoms with Crippen molar-refractivity contribution in [3.63, 3.8) is 0 Å². The third-order valence-electron chi connectivity index (χ3n) is 8.66. The fourth-order valence-corrected chi connectivity index (χ4v) is 6.82. The summed E-state index contributed by atoms with van der Waals surface area (Å²) < 4.78 is 2.53. The third kappa shape index (κ3) is 3.72. The van der Waals surface area contributed by atoms with Crippen LogP contribution in [0.1, 0.15) is 24.0 Å². The zero-order valence-electron chi connectivity index (χ0n) is 22.8. The first kappa shape index (κ1) is 23.8. The van der Waals surface area contributed by atoms with Crippen molar-refractivity contribution in [2.45, 2.75) is 19.3 Å². The van der Waals surface area contributed by atoms with E-state index in [0.717, 1.165) is 30.5 Å². The van der Waals surface area contributed by atoms with Gasteiger partial charge in [-0.3, -0.25) is 0 Å². The Labute approximate surface area is 239 Å². The molecule has 0 amide bonds. The molecule has 0 bridgehead atoms. The van der Waals surface area contributed by atoms with Crippen LogP contribution in [0.25, 0.3) is 65.5 Å². The second-order valence-corrected chi connectivity index (χ2v) is 11.0. The molecule has 0 spiro atoms. The van der Waals surface area contributed by atoms with Crippen molar-refractivity contribution in [1.29, 1.82) is 0 Å². The molecule has 2 nitrogen and oxygen atoms in total. The number of hydrogen-bond donors (Lipinski definition) is 1. The molecule has 0 saturated heterocycles. The summed E-state index contributed by atoms with van der Waals surface area (Å²) in [6.07, 6.45) is 11.8. The first-order valence-corrected chi connectivity index (χ1v) is 14.4. The number of nitrogens with zero attached hydrogens (tertiary/aromatic N) is 1. The molecule has 0 unspecified atom stereocenters. The number of benzene rings is 6. The van der Waals surface area contributed by atoms with Crippen LogP contribution in [0, 0.1) is 0 Å². The lowest BCUT2D eigenvalue weighted by Gasteiger charge is -2.17. The molecule has 2 heteroatoms. The summed E-state index contributed by atoms with van der Waals surface area (Å²) in [6, 6.07) is 39.4. The normalized spacial score (nSPS) is 14.0. The van der Waals surface area contributed by atoms with Crippen molar-refractivity contribution in [3.8, 4) is 0 Å². The highest BCUT2D eigenvalue weighted by Gasteiger charge is 2.21. The van der Waals surface area contributed by atoms with Crippen LogP contribution in [0.2, 0.25) is 0 Å². The Bertz CT molecular complexity index is 2230. The molecule has 1 heterocycles. The van der Waals surface area contributed by atoms with Gasteiger partial charge in [-0.2, -0.15) is 0 Å². The summed E-state index contributed by atoms with van der Waals surface area (Å²) >= 11 is 0. The fraction of sp³-hybridized carbons (Fsp3) is 0.0769. The standard InChI is InChI=1S/C39H30N2/c40-35(26-13-3-1-4-14-26)24-23-27-25-34-30-18-8-10-20-32(30)39-38(37(34)31-19-9-7-17-29(27)31)33-21-11-12-22-36(33)41(39)28-15-5-2-6-16-28/h1-5,7-15,17-22,24-25H,6,16,23,40H2/b35-24-. The van der Waals surface area contributed by atoms with Crippen molar-refractivity contribution in [1.82, 2.24) is 4.57 Å². The lowest BCUT2D eigenvalue weighted by Crippen LogP contribution is -2.00. The second kappa shape index (κ2) is 9.53. The van der Waals surface area contributed by atoms with Crippen LogP contribution in [-0.4, -0.2) is 4.57 Å². The molecule has 0 atom stereocenters. The molecule has 1 aromatic heterocycles. The topological polar surface area (TPSA) is 30.9 Å². The summed E-state index contributed by atoms with van der Waals surface area (Å²) in [5.74, 6) is 0. The summed E-state index contributed by atoms with van der Waals surface area (Å²) in [4.78, 5) is 0. The quantitative estimate of drug-likeness (QED) is 0.227. The van der Waals surface area contributed by atoms with Gasteiger partial charge in [0.25, 0.3) is 0 Å². The summed E-state index contributed by atoms with van der Waals surface area (Å²) in [5.41, 5.74) is 13.6. The molecule has 0 saturated carbocycles. The van der Waals surface area contributed by atoms with Gasteiger partial charge in [0.15, 0.2) is 0 Å². The van der Waals surface area contributed by atoms with Gasteiger partial charge in [-0.15, -0.1) is 0 Å². The largest absolute Gasteiger partial charge is 0.398 e. The summed E-state index contributed by atoms with van der Waals surface area (Å²) in [5, 5.41) is 10.4. The van der Waals surface area contributed by atoms with E-state index in [9.17, 15) is 0 Å². The predicted octanol–water partition coefficient (Wildman–Crippen LogP) is 9.99. The molecule has 196 valence electrons. The average Bonchev–Trinajstić information content (AvgIpc) is 3.39. The van der Waals surface area contributed by atoms with Crippen LogP contribution >= 0.6 is 0 Å². The van der Waals surface area contributed by atoms with Crippen molar-refractivity contribution in [2.75, 3.05) is 0 Å². The summed E-state index contributed by atoms with van der Waals surface area (Å²) in [6.45, 7) is 0. The van der Waals surface area contributed by atoms with Gasteiger partial charge in [-0.05, 0) is 70.1 Å². The van der Waals surface area contributed by atoms with Gasteiger partial charge >= 0.3 is 0 Å². The molecule has 7 aromatic rings. The van der Waals surface area contributed by atoms with E-state index < -0.39 is 0 Å². The van der Waals surface area contributed by atoms with Crippen LogP contribution in [-0.2, 0) is 6.42 Å². The number of allylic oxidation sites excluding steroid dienone is 5. The molecule has 1 aliphatic carbocycles. The van der Waals surface area contributed by atoms with Crippen LogP contribution in [0.3, 0.4) is 0 Å². The Kier molecular flexibility index (Phi) is 5.53. The van der Waals surface area contributed by atoms with Gasteiger partial charge in [0.05, 0.1) is 11.0 Å². The Morgan fingerprint density at radius 3 is 2.15 bits per heavy atom. The second-order valence-electron chi connectivity index (χ2n) is 11.0. The summed E-state index contributed by atoms with van der Waals surface area (Å²) in [7, 11) is 0. The maximum atomic E-state index is 6.55. The van der Waals surface area contributed by atoms with Gasteiger partial charge < -0.3 is 10.3 Å². The van der Waals surface area contributed by atoms with Crippen molar-refractivity contribution < 1.29 is 0 Å². The number of para-hydroxylation sites is 1. The van der Waals surface area contributed by atoms with Gasteiger partial charge in [-0.1, -0.05) is 115 Å². The Hall–Kier alpha value is -5.08. The van der Waals surface area contributed by atoms with Gasteiger partial charge in [0.2, 0.25) is 0 Å². The van der Waals surface area contributed by atoms with E-state index in [0.29, 0.717) is 0 Å². The first-order chi connectivity index (χ1) is 20.3. The first-order valence-electron chi connectivity index (χ1n) is 14.4. The van der Waals surface area contributed by atoms with Crippen LogP contribution in [0.15, 0.2) is 133 Å². The molecule has 0 fully saturated rings. The highest BCUT2D eigenvalue weighted by molar-refractivity contribution is 6.37. The van der Waals surface area contributed by atoms with Crippen molar-refractivity contribution >= 4 is 65.5 Å². The minimum absolute atomic E-state index is 0.768. The molecule has 2 N–H and O–H groups in total. The third-order valence-corrected chi connectivity index (χ3v) is 8.66. The molecular weight excluding hydrogens is 496 g/mol. The zero-order valence-corrected chi connectivity index (χ0v) is 22.8. The average molecular weight is 527 g/mol. The molecular formula is C39H30N2.